The Morgan fingerprint density at radius 2 is 1.68 bits per heavy atom. The number of nitrogens with zero attached hydrogens (tertiary/aromatic N) is 2. The van der Waals surface area contributed by atoms with Crippen molar-refractivity contribution in [3.63, 3.8) is 0 Å². The lowest BCUT2D eigenvalue weighted by molar-refractivity contribution is 0.0680. The fourth-order valence-corrected chi connectivity index (χ4v) is 1.96. The molecule has 1 N–H and O–H groups in total. The van der Waals surface area contributed by atoms with Gasteiger partial charge in [-0.15, -0.1) is 0 Å². The number of carbonyl (C=O) groups excluding carboxylic acids is 1. The van der Waals surface area contributed by atoms with Gasteiger partial charge in [0.25, 0.3) is 0 Å². The second kappa shape index (κ2) is 5.67. The summed E-state index contributed by atoms with van der Waals surface area (Å²) in [5.41, 5.74) is 0.879. The van der Waals surface area contributed by atoms with Gasteiger partial charge in [-0.3, -0.25) is 4.79 Å². The van der Waals surface area contributed by atoms with E-state index in [1.807, 2.05) is 31.2 Å². The summed E-state index contributed by atoms with van der Waals surface area (Å²) in [5.74, 6) is -1.23. The van der Waals surface area contributed by atoms with Crippen LogP contribution in [0.15, 0.2) is 30.5 Å². The average Bonchev–Trinajstić information content (AvgIpc) is 2.45. The van der Waals surface area contributed by atoms with Crippen molar-refractivity contribution >= 4 is 11.8 Å². The van der Waals surface area contributed by atoms with Crippen molar-refractivity contribution in [1.82, 2.24) is 9.97 Å². The topological polar surface area (TPSA) is 80.2 Å². The first-order chi connectivity index (χ1) is 10.2. The summed E-state index contributed by atoms with van der Waals surface area (Å²) in [6.07, 6.45) is 1.30. The Kier molecular flexibility index (Phi) is 4.08. The first kappa shape index (κ1) is 15.8. The zero-order chi connectivity index (χ0) is 16.5. The first-order valence-electron chi connectivity index (χ1n) is 6.92. The molecule has 0 aliphatic heterocycles. The van der Waals surface area contributed by atoms with Gasteiger partial charge in [0.05, 0.1) is 5.56 Å². The van der Waals surface area contributed by atoms with Gasteiger partial charge in [-0.05, 0) is 6.92 Å². The van der Waals surface area contributed by atoms with Crippen LogP contribution in [0.2, 0.25) is 0 Å². The first-order valence-corrected chi connectivity index (χ1v) is 6.92. The van der Waals surface area contributed by atoms with Crippen molar-refractivity contribution in [3.05, 3.63) is 47.3 Å². The number of ketones is 1. The van der Waals surface area contributed by atoms with Crippen molar-refractivity contribution in [1.29, 1.82) is 0 Å². The quantitative estimate of drug-likeness (QED) is 0.879. The monoisotopic (exact) mass is 298 g/mol. The fourth-order valence-electron chi connectivity index (χ4n) is 1.96. The minimum absolute atomic E-state index is 0.0378. The third-order valence-electron chi connectivity index (χ3n) is 3.23. The number of hydrogen-bond donors (Lipinski definition) is 1. The number of carboxylic acid groups (broad SMARTS) is 1. The average molecular weight is 298 g/mol. The number of Topliss-reactive ketones (excluding diaryl/α,β-unsaturated/α-hetero) is 1. The summed E-state index contributed by atoms with van der Waals surface area (Å²) in [6.45, 7) is 7.15. The minimum atomic E-state index is -1.23. The molecule has 0 radical (unpaired) electrons. The molecule has 114 valence electrons. The van der Waals surface area contributed by atoms with Crippen LogP contribution < -0.4 is 0 Å². The van der Waals surface area contributed by atoms with E-state index in [0.29, 0.717) is 11.4 Å². The number of aromatic carboxylic acids is 1. The summed E-state index contributed by atoms with van der Waals surface area (Å²) in [5, 5.41) is 9.35. The van der Waals surface area contributed by atoms with Crippen LogP contribution in [0.5, 0.6) is 0 Å². The predicted octanol–water partition coefficient (Wildman–Crippen LogP) is 3.38. The largest absolute Gasteiger partial charge is 0.476 e. The summed E-state index contributed by atoms with van der Waals surface area (Å²) >= 11 is 0. The van der Waals surface area contributed by atoms with Gasteiger partial charge < -0.3 is 5.11 Å². The Morgan fingerprint density at radius 1 is 1.09 bits per heavy atom. The van der Waals surface area contributed by atoms with E-state index < -0.39 is 11.4 Å². The lowest BCUT2D eigenvalue weighted by atomic mass is 9.86. The summed E-state index contributed by atoms with van der Waals surface area (Å²) in [4.78, 5) is 32.0. The smallest absolute Gasteiger partial charge is 0.355 e. The number of carboxylic acids is 1. The van der Waals surface area contributed by atoms with Crippen LogP contribution in [0.4, 0.5) is 0 Å². The van der Waals surface area contributed by atoms with Crippen molar-refractivity contribution in [2.24, 2.45) is 5.41 Å². The van der Waals surface area contributed by atoms with E-state index in [9.17, 15) is 14.7 Å². The van der Waals surface area contributed by atoms with Crippen LogP contribution in [0, 0.1) is 12.3 Å². The Labute approximate surface area is 129 Å². The summed E-state index contributed by atoms with van der Waals surface area (Å²) in [7, 11) is 0. The molecule has 5 heteroatoms. The van der Waals surface area contributed by atoms with E-state index in [0.717, 1.165) is 5.56 Å². The fraction of sp³-hybridized carbons (Fsp3) is 0.294. The number of rotatable bonds is 3. The summed E-state index contributed by atoms with van der Waals surface area (Å²) < 4.78 is 0. The molecule has 0 bridgehead atoms. The molecule has 0 saturated carbocycles. The Balaban J connectivity index is 2.55. The Morgan fingerprint density at radius 3 is 2.18 bits per heavy atom. The van der Waals surface area contributed by atoms with Crippen LogP contribution in [0.1, 0.15) is 47.2 Å². The van der Waals surface area contributed by atoms with Crippen LogP contribution >= 0.6 is 0 Å². The molecule has 0 unspecified atom stereocenters. The molecule has 2 aromatic rings. The molecule has 0 atom stereocenters. The van der Waals surface area contributed by atoms with Crippen LogP contribution in [-0.4, -0.2) is 26.8 Å². The SMILES string of the molecule is Cc1ccc(-c2ncc(C(=O)C(C)(C)C)c(C(=O)O)n2)cc1. The van der Waals surface area contributed by atoms with E-state index >= 15 is 0 Å². The van der Waals surface area contributed by atoms with Crippen LogP contribution in [0.3, 0.4) is 0 Å². The molecular formula is C17H18N2O3. The van der Waals surface area contributed by atoms with Crippen LogP contribution in [-0.2, 0) is 0 Å². The van der Waals surface area contributed by atoms with E-state index in [1.54, 1.807) is 20.8 Å². The molecule has 1 aromatic carbocycles. The zero-order valence-corrected chi connectivity index (χ0v) is 13.0. The normalized spacial score (nSPS) is 11.3. The molecule has 22 heavy (non-hydrogen) atoms. The van der Waals surface area contributed by atoms with Gasteiger partial charge in [-0.25, -0.2) is 14.8 Å². The van der Waals surface area contributed by atoms with Gasteiger partial charge in [0.2, 0.25) is 0 Å². The molecule has 1 heterocycles. The third kappa shape index (κ3) is 3.19. The van der Waals surface area contributed by atoms with Crippen molar-refractivity contribution < 1.29 is 14.7 Å². The second-order valence-electron chi connectivity index (χ2n) is 6.21. The second-order valence-corrected chi connectivity index (χ2v) is 6.21. The van der Waals surface area contributed by atoms with Gasteiger partial charge >= 0.3 is 5.97 Å². The maximum absolute atomic E-state index is 12.3. The molecule has 0 fully saturated rings. The van der Waals surface area contributed by atoms with E-state index in [2.05, 4.69) is 9.97 Å². The number of aromatic nitrogens is 2. The highest BCUT2D eigenvalue weighted by Gasteiger charge is 2.28. The Bertz CT molecular complexity index is 729. The van der Waals surface area contributed by atoms with E-state index in [-0.39, 0.29) is 17.0 Å². The molecular weight excluding hydrogens is 280 g/mol. The van der Waals surface area contributed by atoms with Crippen molar-refractivity contribution in [2.45, 2.75) is 27.7 Å². The van der Waals surface area contributed by atoms with E-state index in [4.69, 9.17) is 0 Å². The molecule has 5 nitrogen and oxygen atoms in total. The highest BCUT2D eigenvalue weighted by molar-refractivity contribution is 6.07. The zero-order valence-electron chi connectivity index (χ0n) is 13.0. The van der Waals surface area contributed by atoms with Crippen molar-refractivity contribution in [2.75, 3.05) is 0 Å². The maximum Gasteiger partial charge on any atom is 0.355 e. The number of aryl methyl sites for hydroxylation is 1. The van der Waals surface area contributed by atoms with Gasteiger partial charge in [0, 0.05) is 17.2 Å². The third-order valence-corrected chi connectivity index (χ3v) is 3.23. The maximum atomic E-state index is 12.3. The minimum Gasteiger partial charge on any atom is -0.476 e. The lowest BCUT2D eigenvalue weighted by Crippen LogP contribution is -2.24. The van der Waals surface area contributed by atoms with E-state index in [1.165, 1.54) is 6.20 Å². The molecule has 0 saturated heterocycles. The van der Waals surface area contributed by atoms with Gasteiger partial charge in [0.1, 0.15) is 0 Å². The number of hydrogen-bond acceptors (Lipinski definition) is 4. The summed E-state index contributed by atoms with van der Waals surface area (Å²) in [6, 6.07) is 7.43. The standard InChI is InChI=1S/C17H18N2O3/c1-10-5-7-11(8-6-10)15-18-9-12(13(19-15)16(21)22)14(20)17(2,3)4/h5-9H,1-4H3,(H,21,22). The molecule has 0 amide bonds. The Hall–Kier alpha value is -2.56. The molecule has 1 aromatic heterocycles. The number of carbonyl (C=O) groups is 2. The number of benzene rings is 1. The molecule has 0 spiro atoms. The highest BCUT2D eigenvalue weighted by atomic mass is 16.4. The lowest BCUT2D eigenvalue weighted by Gasteiger charge is -2.17. The molecule has 2 rings (SSSR count). The molecule has 0 aliphatic rings. The predicted molar refractivity (Wildman–Crippen MR) is 82.9 cm³/mol. The molecule has 0 aliphatic carbocycles. The van der Waals surface area contributed by atoms with Crippen LogP contribution in [0.25, 0.3) is 11.4 Å². The van der Waals surface area contributed by atoms with Gasteiger partial charge in [-0.1, -0.05) is 50.6 Å². The highest BCUT2D eigenvalue weighted by Crippen LogP contribution is 2.24. The van der Waals surface area contributed by atoms with Gasteiger partial charge in [-0.2, -0.15) is 0 Å². The van der Waals surface area contributed by atoms with Crippen molar-refractivity contribution in [3.8, 4) is 11.4 Å². The van der Waals surface area contributed by atoms with Gasteiger partial charge in [0.15, 0.2) is 17.3 Å².